The summed E-state index contributed by atoms with van der Waals surface area (Å²) < 4.78 is 24.8. The van der Waals surface area contributed by atoms with Crippen molar-refractivity contribution >= 4 is 0 Å². The highest BCUT2D eigenvalue weighted by molar-refractivity contribution is 5.40. The number of hydrogen-bond acceptors (Lipinski definition) is 3. The molecule has 0 spiro atoms. The molecule has 0 saturated carbocycles. The van der Waals surface area contributed by atoms with Crippen molar-refractivity contribution in [2.45, 2.75) is 25.5 Å². The lowest BCUT2D eigenvalue weighted by molar-refractivity contribution is 0.160. The first-order valence-corrected chi connectivity index (χ1v) is 7.12. The monoisotopic (exact) mass is 287 g/mol. The highest BCUT2D eigenvalue weighted by Gasteiger charge is 2.27. The molecule has 3 rings (SSSR count). The molecule has 3 nitrogen and oxygen atoms in total. The second-order valence-corrected chi connectivity index (χ2v) is 5.14. The van der Waals surface area contributed by atoms with E-state index >= 15 is 0 Å². The van der Waals surface area contributed by atoms with Gasteiger partial charge in [-0.05, 0) is 42.8 Å². The van der Waals surface area contributed by atoms with Crippen LogP contribution in [0.3, 0.4) is 0 Å². The lowest BCUT2D eigenvalue weighted by atomic mass is 9.93. The van der Waals surface area contributed by atoms with Crippen LogP contribution in [-0.2, 0) is 0 Å². The maximum atomic E-state index is 13.3. The Morgan fingerprint density at radius 2 is 2.14 bits per heavy atom. The van der Waals surface area contributed by atoms with Crippen molar-refractivity contribution < 1.29 is 13.9 Å². The van der Waals surface area contributed by atoms with Gasteiger partial charge in [0.25, 0.3) is 0 Å². The number of hydrogen-bond donors (Lipinski definition) is 1. The molecule has 110 valence electrons. The maximum absolute atomic E-state index is 13.3. The van der Waals surface area contributed by atoms with E-state index in [4.69, 9.17) is 15.2 Å². The molecule has 2 aromatic carbocycles. The number of nitrogens with two attached hydrogens (primary N) is 1. The van der Waals surface area contributed by atoms with Crippen molar-refractivity contribution in [1.82, 2.24) is 0 Å². The smallest absolute Gasteiger partial charge is 0.126 e. The summed E-state index contributed by atoms with van der Waals surface area (Å²) >= 11 is 0. The van der Waals surface area contributed by atoms with Gasteiger partial charge >= 0.3 is 0 Å². The van der Waals surface area contributed by atoms with Crippen molar-refractivity contribution in [2.75, 3.05) is 6.61 Å². The molecule has 0 radical (unpaired) electrons. The average molecular weight is 287 g/mol. The molecule has 0 aromatic heterocycles. The fraction of sp³-hybridized carbons (Fsp3) is 0.294. The SMILES string of the molecule is CCOc1cccc(C2CC(N)c3cc(F)ccc3O2)c1. The molecule has 4 heteroatoms. The Hall–Kier alpha value is -2.07. The van der Waals surface area contributed by atoms with E-state index in [9.17, 15) is 4.39 Å². The molecular formula is C17H18FNO2. The first kappa shape index (κ1) is 13.9. The van der Waals surface area contributed by atoms with Gasteiger partial charge in [-0.25, -0.2) is 4.39 Å². The topological polar surface area (TPSA) is 44.5 Å². The van der Waals surface area contributed by atoms with Crippen LogP contribution in [0.15, 0.2) is 42.5 Å². The molecule has 2 N–H and O–H groups in total. The minimum absolute atomic E-state index is 0.140. The summed E-state index contributed by atoms with van der Waals surface area (Å²) in [7, 11) is 0. The minimum atomic E-state index is -0.287. The van der Waals surface area contributed by atoms with Crippen molar-refractivity contribution in [3.63, 3.8) is 0 Å². The van der Waals surface area contributed by atoms with Gasteiger partial charge < -0.3 is 15.2 Å². The van der Waals surface area contributed by atoms with Crippen LogP contribution in [0.2, 0.25) is 0 Å². The largest absolute Gasteiger partial charge is 0.494 e. The van der Waals surface area contributed by atoms with E-state index in [0.29, 0.717) is 18.8 Å². The van der Waals surface area contributed by atoms with Crippen LogP contribution in [0, 0.1) is 5.82 Å². The van der Waals surface area contributed by atoms with Crippen LogP contribution < -0.4 is 15.2 Å². The molecule has 21 heavy (non-hydrogen) atoms. The Bertz CT molecular complexity index is 644. The number of fused-ring (bicyclic) bond motifs is 1. The predicted molar refractivity (Wildman–Crippen MR) is 78.9 cm³/mol. The number of benzene rings is 2. The lowest BCUT2D eigenvalue weighted by Crippen LogP contribution is -2.24. The molecule has 2 aromatic rings. The van der Waals surface area contributed by atoms with Gasteiger partial charge in [0.15, 0.2) is 0 Å². The van der Waals surface area contributed by atoms with E-state index in [1.807, 2.05) is 31.2 Å². The van der Waals surface area contributed by atoms with Crippen LogP contribution in [0.4, 0.5) is 4.39 Å². The number of ether oxygens (including phenoxy) is 2. The van der Waals surface area contributed by atoms with Gasteiger partial charge in [-0.1, -0.05) is 12.1 Å². The summed E-state index contributed by atoms with van der Waals surface area (Å²) in [5.41, 5.74) is 7.91. The van der Waals surface area contributed by atoms with Gasteiger partial charge in [0.1, 0.15) is 23.4 Å². The zero-order valence-corrected chi connectivity index (χ0v) is 11.9. The molecule has 1 aliphatic heterocycles. The Kier molecular flexibility index (Phi) is 3.80. The van der Waals surface area contributed by atoms with Gasteiger partial charge in [0.2, 0.25) is 0 Å². The van der Waals surface area contributed by atoms with E-state index in [1.165, 1.54) is 12.1 Å². The fourth-order valence-electron chi connectivity index (χ4n) is 2.65. The Balaban J connectivity index is 1.88. The van der Waals surface area contributed by atoms with Crippen LogP contribution in [0.25, 0.3) is 0 Å². The first-order chi connectivity index (χ1) is 10.2. The van der Waals surface area contributed by atoms with Crippen molar-refractivity contribution in [3.05, 3.63) is 59.4 Å². The Morgan fingerprint density at radius 3 is 2.95 bits per heavy atom. The molecule has 0 aliphatic carbocycles. The van der Waals surface area contributed by atoms with Crippen molar-refractivity contribution in [2.24, 2.45) is 5.73 Å². The summed E-state index contributed by atoms with van der Waals surface area (Å²) in [6, 6.07) is 12.1. The molecule has 0 bridgehead atoms. The predicted octanol–water partition coefficient (Wildman–Crippen LogP) is 3.75. The summed E-state index contributed by atoms with van der Waals surface area (Å²) in [6.45, 7) is 2.57. The highest BCUT2D eigenvalue weighted by atomic mass is 19.1. The van der Waals surface area contributed by atoms with E-state index < -0.39 is 0 Å². The summed E-state index contributed by atoms with van der Waals surface area (Å²) in [6.07, 6.45) is 0.477. The second-order valence-electron chi connectivity index (χ2n) is 5.14. The summed E-state index contributed by atoms with van der Waals surface area (Å²) in [4.78, 5) is 0. The van der Waals surface area contributed by atoms with E-state index in [2.05, 4.69) is 0 Å². The highest BCUT2D eigenvalue weighted by Crippen LogP contribution is 2.40. The van der Waals surface area contributed by atoms with Gasteiger partial charge in [0.05, 0.1) is 6.61 Å². The zero-order valence-electron chi connectivity index (χ0n) is 11.9. The Morgan fingerprint density at radius 1 is 1.29 bits per heavy atom. The Labute approximate surface area is 123 Å². The fourth-order valence-corrected chi connectivity index (χ4v) is 2.65. The summed E-state index contributed by atoms with van der Waals surface area (Å²) in [5.74, 6) is 1.18. The van der Waals surface area contributed by atoms with Crippen LogP contribution in [-0.4, -0.2) is 6.61 Å². The van der Waals surface area contributed by atoms with E-state index in [0.717, 1.165) is 16.9 Å². The van der Waals surface area contributed by atoms with E-state index in [-0.39, 0.29) is 18.0 Å². The standard InChI is InChI=1S/C17H18FNO2/c1-2-20-13-5-3-4-11(8-13)17-10-15(19)14-9-12(18)6-7-16(14)21-17/h3-9,15,17H,2,10,19H2,1H3. The molecule has 1 heterocycles. The van der Waals surface area contributed by atoms with Crippen molar-refractivity contribution in [1.29, 1.82) is 0 Å². The zero-order chi connectivity index (χ0) is 14.8. The maximum Gasteiger partial charge on any atom is 0.126 e. The van der Waals surface area contributed by atoms with Crippen LogP contribution in [0.1, 0.15) is 36.6 Å². The third-order valence-electron chi connectivity index (χ3n) is 3.65. The molecule has 2 unspecified atom stereocenters. The molecule has 0 saturated heterocycles. The quantitative estimate of drug-likeness (QED) is 0.935. The molecule has 2 atom stereocenters. The first-order valence-electron chi connectivity index (χ1n) is 7.12. The number of rotatable bonds is 3. The minimum Gasteiger partial charge on any atom is -0.494 e. The summed E-state index contributed by atoms with van der Waals surface area (Å²) in [5, 5.41) is 0. The molecule has 0 fully saturated rings. The molecule has 0 amide bonds. The normalized spacial score (nSPS) is 20.5. The number of halogens is 1. The molecular weight excluding hydrogens is 269 g/mol. The van der Waals surface area contributed by atoms with Gasteiger partial charge in [-0.15, -0.1) is 0 Å². The van der Waals surface area contributed by atoms with Crippen molar-refractivity contribution in [3.8, 4) is 11.5 Å². The van der Waals surface area contributed by atoms with Crippen LogP contribution in [0.5, 0.6) is 11.5 Å². The van der Waals surface area contributed by atoms with Gasteiger partial charge in [0, 0.05) is 18.0 Å². The second kappa shape index (κ2) is 5.74. The van der Waals surface area contributed by atoms with Crippen LogP contribution >= 0.6 is 0 Å². The molecule has 1 aliphatic rings. The third-order valence-corrected chi connectivity index (χ3v) is 3.65. The van der Waals surface area contributed by atoms with E-state index in [1.54, 1.807) is 6.07 Å². The lowest BCUT2D eigenvalue weighted by Gasteiger charge is -2.30. The van der Waals surface area contributed by atoms with Gasteiger partial charge in [-0.2, -0.15) is 0 Å². The third kappa shape index (κ3) is 2.85. The van der Waals surface area contributed by atoms with Gasteiger partial charge in [-0.3, -0.25) is 0 Å². The average Bonchev–Trinajstić information content (AvgIpc) is 2.48.